The van der Waals surface area contributed by atoms with Crippen LogP contribution in [0, 0.1) is 23.7 Å². The fourth-order valence-electron chi connectivity index (χ4n) is 3.46. The highest BCUT2D eigenvalue weighted by Gasteiger charge is 2.14. The zero-order valence-corrected chi connectivity index (χ0v) is 17.4. The van der Waals surface area contributed by atoms with Crippen molar-refractivity contribution >= 4 is 0 Å². The summed E-state index contributed by atoms with van der Waals surface area (Å²) in [5.74, 6) is 3.63. The van der Waals surface area contributed by atoms with Crippen molar-refractivity contribution in [2.45, 2.75) is 127 Å². The molecule has 2 nitrogen and oxygen atoms in total. The monoisotopic (exact) mass is 388 g/mol. The van der Waals surface area contributed by atoms with Crippen LogP contribution >= 0.6 is 0 Å². The maximum Gasteiger partial charge on any atom is 0.0547 e. The maximum absolute atomic E-state index is 5.39. The number of rotatable bonds is 0. The average Bonchev–Trinajstić information content (AvgIpc) is 2.57. The molecule has 3 rings (SSSR count). The first-order chi connectivity index (χ1) is 11.4. The second-order valence-electron chi connectivity index (χ2n) is 9.02. The number of hydrogen-bond acceptors (Lipinski definition) is 2. The molecule has 0 N–H and O–H groups in total. The average molecular weight is 389 g/mol. The first kappa shape index (κ1) is 31.6. The normalized spacial score (nSPS) is 35.3. The van der Waals surface area contributed by atoms with Gasteiger partial charge in [0.05, 0.1) is 12.2 Å². The van der Waals surface area contributed by atoms with Crippen LogP contribution in [0.3, 0.4) is 0 Å². The zero-order valence-electron chi connectivity index (χ0n) is 17.4. The topological polar surface area (TPSA) is 18.5 Å². The van der Waals surface area contributed by atoms with Gasteiger partial charge in [0, 0.05) is 13.2 Å². The van der Waals surface area contributed by atoms with Crippen molar-refractivity contribution in [1.82, 2.24) is 0 Å². The second-order valence-corrected chi connectivity index (χ2v) is 9.02. The van der Waals surface area contributed by atoms with E-state index in [1.165, 1.54) is 51.4 Å². The molecule has 2 heterocycles. The molecule has 0 aromatic heterocycles. The van der Waals surface area contributed by atoms with Crippen LogP contribution in [-0.4, -0.2) is 25.4 Å². The summed E-state index contributed by atoms with van der Waals surface area (Å²) < 4.78 is 10.8. The fraction of sp³-hybridized carbons (Fsp3) is 1.00. The Labute approximate surface area is 174 Å². The van der Waals surface area contributed by atoms with Crippen LogP contribution in [0.25, 0.3) is 0 Å². The molecule has 3 fully saturated rings. The van der Waals surface area contributed by atoms with E-state index < -0.39 is 0 Å². The molecule has 2 aliphatic heterocycles. The van der Waals surface area contributed by atoms with Crippen LogP contribution in [0.4, 0.5) is 0 Å². The lowest BCUT2D eigenvalue weighted by Gasteiger charge is -2.23. The van der Waals surface area contributed by atoms with Crippen molar-refractivity contribution in [3.63, 3.8) is 0 Å². The second kappa shape index (κ2) is 18.0. The van der Waals surface area contributed by atoms with Crippen molar-refractivity contribution in [2.75, 3.05) is 13.2 Å². The number of ether oxygens (including phenoxy) is 2. The van der Waals surface area contributed by atoms with Crippen LogP contribution in [0.2, 0.25) is 0 Å². The van der Waals surface area contributed by atoms with Gasteiger partial charge in [-0.2, -0.15) is 0 Å². The highest BCUT2D eigenvalue weighted by Crippen LogP contribution is 2.27. The van der Waals surface area contributed by atoms with E-state index in [-0.39, 0.29) is 22.3 Å². The summed E-state index contributed by atoms with van der Waals surface area (Å²) in [6, 6.07) is 0. The third-order valence-electron chi connectivity index (χ3n) is 5.77. The molecule has 4 unspecified atom stereocenters. The van der Waals surface area contributed by atoms with Crippen molar-refractivity contribution < 1.29 is 9.47 Å². The molecule has 2 heteroatoms. The van der Waals surface area contributed by atoms with E-state index in [0.717, 1.165) is 36.9 Å². The largest absolute Gasteiger partial charge is 0.378 e. The lowest BCUT2D eigenvalue weighted by atomic mass is 9.84. The van der Waals surface area contributed by atoms with E-state index in [1.807, 2.05) is 0 Å². The van der Waals surface area contributed by atoms with Gasteiger partial charge in [-0.25, -0.2) is 0 Å². The zero-order chi connectivity index (χ0) is 17.9. The molecule has 27 heavy (non-hydrogen) atoms. The Hall–Kier alpha value is -0.0800. The summed E-state index contributed by atoms with van der Waals surface area (Å²) in [7, 11) is 0. The van der Waals surface area contributed by atoms with Crippen LogP contribution in [-0.2, 0) is 9.47 Å². The van der Waals surface area contributed by atoms with E-state index >= 15 is 0 Å². The molecular formula is C25H56O2. The van der Waals surface area contributed by atoms with Crippen molar-refractivity contribution in [3.05, 3.63) is 0 Å². The van der Waals surface area contributed by atoms with Gasteiger partial charge in [0.1, 0.15) is 0 Å². The van der Waals surface area contributed by atoms with Gasteiger partial charge in [-0.3, -0.25) is 0 Å². The lowest BCUT2D eigenvalue weighted by molar-refractivity contribution is 0.000174. The minimum Gasteiger partial charge on any atom is -0.378 e. The van der Waals surface area contributed by atoms with Crippen molar-refractivity contribution in [1.29, 1.82) is 0 Å². The van der Waals surface area contributed by atoms with Gasteiger partial charge in [-0.15, -0.1) is 0 Å². The molecular weight excluding hydrogens is 332 g/mol. The summed E-state index contributed by atoms with van der Waals surface area (Å²) in [6.45, 7) is 15.5. The highest BCUT2D eigenvalue weighted by molar-refractivity contribution is 4.66. The Morgan fingerprint density at radius 1 is 0.407 bits per heavy atom. The molecule has 2 saturated heterocycles. The van der Waals surface area contributed by atoms with Gasteiger partial charge in [0.15, 0.2) is 0 Å². The summed E-state index contributed by atoms with van der Waals surface area (Å²) in [5, 5.41) is 0. The lowest BCUT2D eigenvalue weighted by Crippen LogP contribution is -2.21. The molecule has 4 atom stereocenters. The molecule has 3 aliphatic rings. The van der Waals surface area contributed by atoms with Crippen molar-refractivity contribution in [2.24, 2.45) is 23.7 Å². The van der Waals surface area contributed by atoms with Crippen LogP contribution in [0.5, 0.6) is 0 Å². The molecule has 168 valence electrons. The summed E-state index contributed by atoms with van der Waals surface area (Å²) in [4.78, 5) is 0. The fourth-order valence-corrected chi connectivity index (χ4v) is 3.46. The standard InChI is InChI=1S/C8H16.2C7H14O.3CH4/c1-7-3-5-8(2)6-4-7;2*1-6-3-4-7(2)8-5-6;;;/h7-8H,3-6H2,1-2H3;2*6-7H,3-5H2,1-2H3;3*1H4. The summed E-state index contributed by atoms with van der Waals surface area (Å²) >= 11 is 0. The Balaban J connectivity index is -0.000000303. The maximum atomic E-state index is 5.39. The van der Waals surface area contributed by atoms with Crippen molar-refractivity contribution in [3.8, 4) is 0 Å². The van der Waals surface area contributed by atoms with E-state index in [4.69, 9.17) is 9.47 Å². The summed E-state index contributed by atoms with van der Waals surface area (Å²) in [6.07, 6.45) is 12.1. The van der Waals surface area contributed by atoms with Crippen LogP contribution in [0.1, 0.15) is 115 Å². The van der Waals surface area contributed by atoms with Crippen LogP contribution in [0.15, 0.2) is 0 Å². The number of hydrogen-bond donors (Lipinski definition) is 0. The molecule has 1 aliphatic carbocycles. The van der Waals surface area contributed by atoms with E-state index in [9.17, 15) is 0 Å². The smallest absolute Gasteiger partial charge is 0.0547 e. The molecule has 0 radical (unpaired) electrons. The van der Waals surface area contributed by atoms with Gasteiger partial charge in [0.25, 0.3) is 0 Å². The predicted octanol–water partition coefficient (Wildman–Crippen LogP) is 8.38. The SMILES string of the molecule is C.C.C.CC1CCC(C)CC1.CC1CCC(C)OC1.CC1CCC(C)OC1. The predicted molar refractivity (Wildman–Crippen MR) is 125 cm³/mol. The van der Waals surface area contributed by atoms with E-state index in [2.05, 4.69) is 41.5 Å². The molecule has 0 aromatic carbocycles. The molecule has 0 bridgehead atoms. The van der Waals surface area contributed by atoms with Crippen LogP contribution < -0.4 is 0 Å². The van der Waals surface area contributed by atoms with Gasteiger partial charge < -0.3 is 9.47 Å². The summed E-state index contributed by atoms with van der Waals surface area (Å²) in [5.41, 5.74) is 0. The molecule has 0 spiro atoms. The Kier molecular flexibility index (Phi) is 21.1. The Bertz CT molecular complexity index is 203. The Morgan fingerprint density at radius 2 is 0.667 bits per heavy atom. The Morgan fingerprint density at radius 3 is 0.852 bits per heavy atom. The first-order valence-electron chi connectivity index (χ1n) is 10.6. The molecule has 1 saturated carbocycles. The highest BCUT2D eigenvalue weighted by atomic mass is 16.5. The third-order valence-corrected chi connectivity index (χ3v) is 5.77. The van der Waals surface area contributed by atoms with Gasteiger partial charge in [0.2, 0.25) is 0 Å². The molecule has 0 aromatic rings. The van der Waals surface area contributed by atoms with Gasteiger partial charge in [-0.05, 0) is 63.2 Å². The van der Waals surface area contributed by atoms with E-state index in [1.54, 1.807) is 0 Å². The molecule has 0 amide bonds. The van der Waals surface area contributed by atoms with E-state index in [0.29, 0.717) is 12.2 Å². The van der Waals surface area contributed by atoms with Gasteiger partial charge >= 0.3 is 0 Å². The third kappa shape index (κ3) is 16.6. The first-order valence-corrected chi connectivity index (χ1v) is 10.6. The minimum absolute atomic E-state index is 0. The van der Waals surface area contributed by atoms with Gasteiger partial charge in [-0.1, -0.05) is 75.7 Å². The quantitative estimate of drug-likeness (QED) is 0.415. The minimum atomic E-state index is 0.